The van der Waals surface area contributed by atoms with Crippen molar-refractivity contribution in [1.82, 2.24) is 5.32 Å². The van der Waals surface area contributed by atoms with Crippen LogP contribution in [0.3, 0.4) is 0 Å². The predicted octanol–water partition coefficient (Wildman–Crippen LogP) is 3.36. The highest BCUT2D eigenvalue weighted by molar-refractivity contribution is 9.09. The third-order valence-electron chi connectivity index (χ3n) is 2.88. The molecule has 0 fully saturated rings. The van der Waals surface area contributed by atoms with E-state index in [9.17, 15) is 4.79 Å². The lowest BCUT2D eigenvalue weighted by Gasteiger charge is -2.21. The van der Waals surface area contributed by atoms with Crippen LogP contribution < -0.4 is 5.32 Å². The lowest BCUT2D eigenvalue weighted by molar-refractivity contribution is 0.0938. The van der Waals surface area contributed by atoms with Gasteiger partial charge in [-0.25, -0.2) is 0 Å². The van der Waals surface area contributed by atoms with E-state index >= 15 is 0 Å². The molecule has 1 N–H and O–H groups in total. The number of rotatable bonds is 4. The maximum absolute atomic E-state index is 12.1. The molecule has 0 aliphatic rings. The molecule has 4 heteroatoms. The molecule has 0 radical (unpaired) electrons. The molecular weight excluding hydrogens is 282 g/mol. The summed E-state index contributed by atoms with van der Waals surface area (Å²) in [5.74, 6) is 1.45. The van der Waals surface area contributed by atoms with Crippen molar-refractivity contribution in [2.45, 2.75) is 34.6 Å². The molecule has 0 bridgehead atoms. The van der Waals surface area contributed by atoms with Crippen LogP contribution in [0.5, 0.6) is 0 Å². The molecule has 1 heterocycles. The number of furan rings is 1. The third-order valence-corrected chi connectivity index (χ3v) is 4.40. The Bertz CT molecular complexity index is 421. The fourth-order valence-electron chi connectivity index (χ4n) is 1.58. The fourth-order valence-corrected chi connectivity index (χ4v) is 1.78. The Morgan fingerprint density at radius 2 is 1.88 bits per heavy atom. The molecule has 3 nitrogen and oxygen atoms in total. The molecule has 17 heavy (non-hydrogen) atoms. The Kier molecular flexibility index (Phi) is 4.42. The fraction of sp³-hybridized carbons (Fsp3) is 0.615. The molecule has 1 aromatic heterocycles. The quantitative estimate of drug-likeness (QED) is 0.867. The molecule has 1 aromatic rings. The first-order valence-electron chi connectivity index (χ1n) is 5.69. The van der Waals surface area contributed by atoms with Crippen molar-refractivity contribution in [3.05, 3.63) is 22.6 Å². The van der Waals surface area contributed by atoms with Crippen LogP contribution in [0.4, 0.5) is 0 Å². The van der Waals surface area contributed by atoms with E-state index < -0.39 is 0 Å². The summed E-state index contributed by atoms with van der Waals surface area (Å²) in [6.07, 6.45) is 0. The third kappa shape index (κ3) is 3.35. The van der Waals surface area contributed by atoms with Crippen molar-refractivity contribution < 1.29 is 9.21 Å². The van der Waals surface area contributed by atoms with Gasteiger partial charge in [-0.3, -0.25) is 4.79 Å². The summed E-state index contributed by atoms with van der Waals surface area (Å²) in [5, 5.41) is 3.81. The number of nitrogens with one attached hydrogen (secondary N) is 1. The second-order valence-electron chi connectivity index (χ2n) is 5.19. The average molecular weight is 302 g/mol. The summed E-state index contributed by atoms with van der Waals surface area (Å²) >= 11 is 3.44. The van der Waals surface area contributed by atoms with Crippen LogP contribution in [0.25, 0.3) is 0 Å². The van der Waals surface area contributed by atoms with Crippen LogP contribution in [0.1, 0.15) is 41.3 Å². The summed E-state index contributed by atoms with van der Waals surface area (Å²) in [6, 6.07) is 0. The lowest BCUT2D eigenvalue weighted by Crippen LogP contribution is -2.35. The van der Waals surface area contributed by atoms with E-state index in [1.54, 1.807) is 0 Å². The average Bonchev–Trinajstić information content (AvgIpc) is 2.50. The molecule has 0 spiro atoms. The van der Waals surface area contributed by atoms with Crippen LogP contribution in [0.2, 0.25) is 0 Å². The van der Waals surface area contributed by atoms with Gasteiger partial charge in [0.1, 0.15) is 11.5 Å². The minimum Gasteiger partial charge on any atom is -0.466 e. The van der Waals surface area contributed by atoms with Gasteiger partial charge >= 0.3 is 0 Å². The highest BCUT2D eigenvalue weighted by atomic mass is 79.9. The van der Waals surface area contributed by atoms with Gasteiger partial charge in [0.05, 0.1) is 5.56 Å². The molecule has 1 amide bonds. The molecule has 0 aliphatic carbocycles. The topological polar surface area (TPSA) is 42.2 Å². The number of aryl methyl sites for hydroxylation is 2. The second kappa shape index (κ2) is 5.25. The summed E-state index contributed by atoms with van der Waals surface area (Å²) < 4.78 is 5.45. The molecule has 0 aliphatic heterocycles. The number of amides is 1. The molecule has 96 valence electrons. The van der Waals surface area contributed by atoms with Gasteiger partial charge in [0, 0.05) is 17.4 Å². The van der Waals surface area contributed by atoms with Crippen LogP contribution >= 0.6 is 15.9 Å². The number of hydrogen-bond donors (Lipinski definition) is 1. The van der Waals surface area contributed by atoms with Crippen molar-refractivity contribution in [3.8, 4) is 0 Å². The Hall–Kier alpha value is -0.770. The zero-order valence-corrected chi connectivity index (χ0v) is 12.7. The minimum absolute atomic E-state index is 0.0501. The highest BCUT2D eigenvalue weighted by Crippen LogP contribution is 2.21. The standard InChI is InChI=1S/C13H20BrNO2/c1-8-9(2)17-10(3)11(8)12(16)15-7-13(4,5)6-14/h6-7H2,1-5H3,(H,15,16). The Morgan fingerprint density at radius 1 is 1.29 bits per heavy atom. The normalized spacial score (nSPS) is 11.6. The lowest BCUT2D eigenvalue weighted by atomic mass is 9.96. The van der Waals surface area contributed by atoms with Gasteiger partial charge in [0.25, 0.3) is 5.91 Å². The number of halogens is 1. The van der Waals surface area contributed by atoms with Gasteiger partial charge in [-0.1, -0.05) is 29.8 Å². The van der Waals surface area contributed by atoms with E-state index in [0.717, 1.165) is 16.7 Å². The van der Waals surface area contributed by atoms with E-state index in [0.29, 0.717) is 17.9 Å². The predicted molar refractivity (Wildman–Crippen MR) is 72.8 cm³/mol. The summed E-state index contributed by atoms with van der Waals surface area (Å²) in [6.45, 7) is 10.5. The van der Waals surface area contributed by atoms with Crippen molar-refractivity contribution >= 4 is 21.8 Å². The van der Waals surface area contributed by atoms with E-state index in [1.165, 1.54) is 0 Å². The summed E-state index contributed by atoms with van der Waals surface area (Å²) in [5.41, 5.74) is 1.65. The maximum atomic E-state index is 12.1. The van der Waals surface area contributed by atoms with Gasteiger partial charge in [-0.2, -0.15) is 0 Å². The van der Waals surface area contributed by atoms with Crippen molar-refractivity contribution in [2.75, 3.05) is 11.9 Å². The highest BCUT2D eigenvalue weighted by Gasteiger charge is 2.21. The van der Waals surface area contributed by atoms with Crippen molar-refractivity contribution in [1.29, 1.82) is 0 Å². The molecule has 0 saturated heterocycles. The van der Waals surface area contributed by atoms with Gasteiger partial charge in [-0.15, -0.1) is 0 Å². The SMILES string of the molecule is Cc1oc(C)c(C(=O)NCC(C)(C)CBr)c1C. The summed E-state index contributed by atoms with van der Waals surface area (Å²) in [4.78, 5) is 12.1. The van der Waals surface area contributed by atoms with E-state index in [1.807, 2.05) is 20.8 Å². The van der Waals surface area contributed by atoms with Crippen LogP contribution in [-0.2, 0) is 0 Å². The van der Waals surface area contributed by atoms with Crippen LogP contribution in [0, 0.1) is 26.2 Å². The Labute approximate surface area is 111 Å². The van der Waals surface area contributed by atoms with E-state index in [4.69, 9.17) is 4.42 Å². The monoisotopic (exact) mass is 301 g/mol. The van der Waals surface area contributed by atoms with Gasteiger partial charge in [-0.05, 0) is 26.2 Å². The largest absolute Gasteiger partial charge is 0.466 e. The summed E-state index contributed by atoms with van der Waals surface area (Å²) in [7, 11) is 0. The van der Waals surface area contributed by atoms with Crippen LogP contribution in [-0.4, -0.2) is 17.8 Å². The molecule has 0 atom stereocenters. The molecule has 1 rings (SSSR count). The van der Waals surface area contributed by atoms with Gasteiger partial charge < -0.3 is 9.73 Å². The molecule has 0 aromatic carbocycles. The minimum atomic E-state index is -0.0501. The first-order chi connectivity index (χ1) is 7.78. The van der Waals surface area contributed by atoms with Crippen molar-refractivity contribution in [3.63, 3.8) is 0 Å². The first kappa shape index (κ1) is 14.3. The van der Waals surface area contributed by atoms with E-state index in [2.05, 4.69) is 35.1 Å². The number of hydrogen-bond acceptors (Lipinski definition) is 2. The van der Waals surface area contributed by atoms with E-state index in [-0.39, 0.29) is 11.3 Å². The Balaban J connectivity index is 2.78. The molecule has 0 unspecified atom stereocenters. The number of alkyl halides is 1. The van der Waals surface area contributed by atoms with Gasteiger partial charge in [0.15, 0.2) is 0 Å². The number of carbonyl (C=O) groups is 1. The maximum Gasteiger partial charge on any atom is 0.255 e. The smallest absolute Gasteiger partial charge is 0.255 e. The second-order valence-corrected chi connectivity index (χ2v) is 5.76. The molecular formula is C13H20BrNO2. The number of carbonyl (C=O) groups excluding carboxylic acids is 1. The molecule has 0 saturated carbocycles. The zero-order chi connectivity index (χ0) is 13.2. The Morgan fingerprint density at radius 3 is 2.29 bits per heavy atom. The van der Waals surface area contributed by atoms with Crippen molar-refractivity contribution in [2.24, 2.45) is 5.41 Å². The van der Waals surface area contributed by atoms with Crippen LogP contribution in [0.15, 0.2) is 4.42 Å². The first-order valence-corrected chi connectivity index (χ1v) is 6.81. The van der Waals surface area contributed by atoms with Gasteiger partial charge in [0.2, 0.25) is 0 Å². The zero-order valence-electron chi connectivity index (χ0n) is 11.1.